The van der Waals surface area contributed by atoms with Crippen molar-refractivity contribution in [3.05, 3.63) is 71.3 Å². The van der Waals surface area contributed by atoms with Gasteiger partial charge in [0.1, 0.15) is 5.75 Å². The summed E-state index contributed by atoms with van der Waals surface area (Å²) in [7, 11) is 3.58. The van der Waals surface area contributed by atoms with Crippen molar-refractivity contribution in [1.82, 2.24) is 4.90 Å². The maximum Gasteiger partial charge on any atom is 0.236 e. The molecule has 4 rings (SSSR count). The topological polar surface area (TPSA) is 29.5 Å². The Morgan fingerprint density at radius 2 is 1.89 bits per heavy atom. The molecule has 1 amide bonds. The highest BCUT2D eigenvalue weighted by atomic mass is 32.2. The van der Waals surface area contributed by atoms with Gasteiger partial charge in [-0.2, -0.15) is 0 Å². The van der Waals surface area contributed by atoms with E-state index in [2.05, 4.69) is 49.4 Å². The van der Waals surface area contributed by atoms with Gasteiger partial charge in [-0.15, -0.1) is 11.8 Å². The zero-order valence-corrected chi connectivity index (χ0v) is 16.7. The summed E-state index contributed by atoms with van der Waals surface area (Å²) >= 11 is 1.70. The summed E-state index contributed by atoms with van der Waals surface area (Å²) in [5, 5.41) is 2.29. The zero-order valence-electron chi connectivity index (χ0n) is 15.9. The molecule has 4 heteroatoms. The van der Waals surface area contributed by atoms with Crippen LogP contribution in [0.15, 0.2) is 59.5 Å². The Hall–Kier alpha value is -2.46. The lowest BCUT2D eigenvalue weighted by atomic mass is 10.1. The van der Waals surface area contributed by atoms with Crippen LogP contribution < -0.4 is 4.74 Å². The first-order valence-corrected chi connectivity index (χ1v) is 9.99. The van der Waals surface area contributed by atoms with Crippen LogP contribution in [-0.4, -0.2) is 30.2 Å². The van der Waals surface area contributed by atoms with Crippen LogP contribution in [0.3, 0.4) is 0 Å². The van der Waals surface area contributed by atoms with E-state index in [0.29, 0.717) is 6.54 Å². The van der Waals surface area contributed by atoms with E-state index in [1.54, 1.807) is 18.9 Å². The average Bonchev–Trinajstić information content (AvgIpc) is 3.09. The van der Waals surface area contributed by atoms with Gasteiger partial charge < -0.3 is 9.64 Å². The molecule has 1 heterocycles. The molecule has 0 fully saturated rings. The van der Waals surface area contributed by atoms with Gasteiger partial charge in [0.25, 0.3) is 0 Å². The quantitative estimate of drug-likeness (QED) is 0.652. The fourth-order valence-corrected chi connectivity index (χ4v) is 4.98. The number of nitrogens with zero attached hydrogens (tertiary/aromatic N) is 1. The largest absolute Gasteiger partial charge is 0.497 e. The van der Waals surface area contributed by atoms with Gasteiger partial charge >= 0.3 is 0 Å². The van der Waals surface area contributed by atoms with E-state index in [4.69, 9.17) is 4.74 Å². The molecule has 1 aliphatic rings. The lowest BCUT2D eigenvalue weighted by Gasteiger charge is -2.21. The highest BCUT2D eigenvalue weighted by Gasteiger charge is 2.30. The summed E-state index contributed by atoms with van der Waals surface area (Å²) in [6, 6.07) is 18.9. The Labute approximate surface area is 164 Å². The molecule has 0 bridgehead atoms. The van der Waals surface area contributed by atoms with E-state index in [9.17, 15) is 4.79 Å². The summed E-state index contributed by atoms with van der Waals surface area (Å²) in [5.74, 6) is 1.05. The number of benzene rings is 3. The minimum atomic E-state index is -0.0171. The molecule has 0 saturated carbocycles. The molecule has 138 valence electrons. The number of thioether (sulfide) groups is 1. The first-order valence-electron chi connectivity index (χ1n) is 9.11. The molecule has 0 spiro atoms. The summed E-state index contributed by atoms with van der Waals surface area (Å²) in [6.07, 6.45) is 0.820. The van der Waals surface area contributed by atoms with Gasteiger partial charge in [0.15, 0.2) is 0 Å². The Morgan fingerprint density at radius 1 is 1.11 bits per heavy atom. The Balaban J connectivity index is 1.46. The molecule has 27 heavy (non-hydrogen) atoms. The third-order valence-corrected chi connectivity index (χ3v) is 6.37. The lowest BCUT2D eigenvalue weighted by Crippen LogP contribution is -2.34. The number of carbonyl (C=O) groups excluding carboxylic acids is 1. The Morgan fingerprint density at radius 3 is 2.70 bits per heavy atom. The van der Waals surface area contributed by atoms with Crippen LogP contribution in [0.4, 0.5) is 0 Å². The van der Waals surface area contributed by atoms with E-state index < -0.39 is 0 Å². The molecule has 3 nitrogen and oxygen atoms in total. The van der Waals surface area contributed by atoms with Crippen molar-refractivity contribution >= 4 is 28.4 Å². The average molecular weight is 378 g/mol. The predicted octanol–water partition coefficient (Wildman–Crippen LogP) is 4.83. The van der Waals surface area contributed by atoms with Crippen molar-refractivity contribution in [2.45, 2.75) is 30.0 Å². The van der Waals surface area contributed by atoms with Gasteiger partial charge in [0.05, 0.1) is 12.4 Å². The molecule has 3 aromatic rings. The third-order valence-electron chi connectivity index (χ3n) is 5.08. The SMILES string of the molecule is COc1ccc2cc(CN(C)C(=O)C3Cc4ccc(C)cc4S3)ccc2c1. The van der Waals surface area contributed by atoms with Crippen LogP contribution in [0.2, 0.25) is 0 Å². The van der Waals surface area contributed by atoms with Crippen molar-refractivity contribution in [2.75, 3.05) is 14.2 Å². The summed E-state index contributed by atoms with van der Waals surface area (Å²) < 4.78 is 5.28. The van der Waals surface area contributed by atoms with Crippen molar-refractivity contribution in [1.29, 1.82) is 0 Å². The normalized spacial score (nSPS) is 15.6. The van der Waals surface area contributed by atoms with Crippen LogP contribution in [-0.2, 0) is 17.8 Å². The lowest BCUT2D eigenvalue weighted by molar-refractivity contribution is -0.129. The van der Waals surface area contributed by atoms with Crippen molar-refractivity contribution in [2.24, 2.45) is 0 Å². The zero-order chi connectivity index (χ0) is 19.0. The van der Waals surface area contributed by atoms with E-state index in [1.807, 2.05) is 24.1 Å². The van der Waals surface area contributed by atoms with E-state index in [-0.39, 0.29) is 11.2 Å². The van der Waals surface area contributed by atoms with Crippen LogP contribution in [0.1, 0.15) is 16.7 Å². The van der Waals surface area contributed by atoms with Crippen LogP contribution in [0.25, 0.3) is 10.8 Å². The molecule has 1 atom stereocenters. The molecular formula is C23H23NO2S. The molecule has 0 aromatic heterocycles. The Kier molecular flexibility index (Phi) is 4.83. The van der Waals surface area contributed by atoms with E-state index in [1.165, 1.54) is 16.0 Å². The first kappa shape index (κ1) is 17.9. The van der Waals surface area contributed by atoms with Crippen molar-refractivity contribution in [3.8, 4) is 5.75 Å². The van der Waals surface area contributed by atoms with Gasteiger partial charge in [-0.05, 0) is 59.5 Å². The summed E-state index contributed by atoms with van der Waals surface area (Å²) in [5.41, 5.74) is 3.67. The van der Waals surface area contributed by atoms with Gasteiger partial charge in [0.2, 0.25) is 5.91 Å². The van der Waals surface area contributed by atoms with Crippen LogP contribution in [0.5, 0.6) is 5.75 Å². The standard InChI is InChI=1S/C23H23NO2S/c1-15-4-6-19-13-22(27-21(19)10-15)23(25)24(2)14-16-5-7-18-12-20(26-3)9-8-17(18)11-16/h4-12,22H,13-14H2,1-3H3. The second kappa shape index (κ2) is 7.28. The highest BCUT2D eigenvalue weighted by molar-refractivity contribution is 8.01. The Bertz CT molecular complexity index is 1010. The van der Waals surface area contributed by atoms with E-state index >= 15 is 0 Å². The van der Waals surface area contributed by atoms with E-state index in [0.717, 1.165) is 28.5 Å². The number of hydrogen-bond donors (Lipinski definition) is 0. The maximum atomic E-state index is 12.9. The monoisotopic (exact) mass is 377 g/mol. The number of rotatable bonds is 4. The minimum absolute atomic E-state index is 0.0171. The smallest absolute Gasteiger partial charge is 0.236 e. The number of hydrogen-bond acceptors (Lipinski definition) is 3. The number of aryl methyl sites for hydroxylation is 1. The summed E-state index contributed by atoms with van der Waals surface area (Å²) in [6.45, 7) is 2.71. The van der Waals surface area contributed by atoms with Crippen LogP contribution in [0, 0.1) is 6.92 Å². The molecule has 0 radical (unpaired) electrons. The predicted molar refractivity (Wildman–Crippen MR) is 112 cm³/mol. The number of amides is 1. The highest BCUT2D eigenvalue weighted by Crippen LogP contribution is 2.38. The van der Waals surface area contributed by atoms with Gasteiger partial charge in [-0.1, -0.05) is 35.9 Å². The molecule has 0 aliphatic carbocycles. The van der Waals surface area contributed by atoms with Crippen molar-refractivity contribution in [3.63, 3.8) is 0 Å². The number of fused-ring (bicyclic) bond motifs is 2. The molecule has 1 unspecified atom stereocenters. The minimum Gasteiger partial charge on any atom is -0.497 e. The number of methoxy groups -OCH3 is 1. The number of ether oxygens (including phenoxy) is 1. The van der Waals surface area contributed by atoms with Gasteiger partial charge in [-0.3, -0.25) is 4.79 Å². The fraction of sp³-hybridized carbons (Fsp3) is 0.261. The van der Waals surface area contributed by atoms with Gasteiger partial charge in [-0.25, -0.2) is 0 Å². The fourth-order valence-electron chi connectivity index (χ4n) is 3.57. The second-order valence-corrected chi connectivity index (χ2v) is 8.41. The van der Waals surface area contributed by atoms with Crippen molar-refractivity contribution < 1.29 is 9.53 Å². The molecule has 0 saturated heterocycles. The molecular weight excluding hydrogens is 354 g/mol. The molecule has 3 aromatic carbocycles. The third kappa shape index (κ3) is 3.67. The summed E-state index contributed by atoms with van der Waals surface area (Å²) in [4.78, 5) is 16.0. The first-order chi connectivity index (χ1) is 13.0. The number of carbonyl (C=O) groups is 1. The molecule has 0 N–H and O–H groups in total. The maximum absolute atomic E-state index is 12.9. The van der Waals surface area contributed by atoms with Crippen LogP contribution >= 0.6 is 11.8 Å². The van der Waals surface area contributed by atoms with Gasteiger partial charge in [0, 0.05) is 18.5 Å². The second-order valence-electron chi connectivity index (χ2n) is 7.16. The molecule has 1 aliphatic heterocycles.